The minimum Gasteiger partial charge on any atom is -0.489 e. The van der Waals surface area contributed by atoms with Gasteiger partial charge in [0.25, 0.3) is 0 Å². The SMILES string of the molecule is O=S(=O)(c1ccc(SCc2cc(Cl)c3c(c2)OCCCO3)nc1)N1CCCC1. The first kappa shape index (κ1) is 19.8. The molecule has 0 N–H and O–H groups in total. The summed E-state index contributed by atoms with van der Waals surface area (Å²) in [5, 5.41) is 1.29. The number of nitrogens with zero attached hydrogens (tertiary/aromatic N) is 2. The van der Waals surface area contributed by atoms with Gasteiger partial charge in [-0.05, 0) is 42.7 Å². The smallest absolute Gasteiger partial charge is 0.244 e. The maximum absolute atomic E-state index is 12.6. The fraction of sp³-hybridized carbons (Fsp3) is 0.421. The van der Waals surface area contributed by atoms with Crippen LogP contribution in [0.4, 0.5) is 0 Å². The van der Waals surface area contributed by atoms with Gasteiger partial charge in [0.2, 0.25) is 10.0 Å². The van der Waals surface area contributed by atoms with E-state index in [0.29, 0.717) is 48.6 Å². The van der Waals surface area contributed by atoms with E-state index in [9.17, 15) is 8.42 Å². The highest BCUT2D eigenvalue weighted by molar-refractivity contribution is 7.98. The fourth-order valence-corrected chi connectivity index (χ4v) is 5.73. The van der Waals surface area contributed by atoms with E-state index in [2.05, 4.69) is 4.98 Å². The number of hydrogen-bond acceptors (Lipinski definition) is 6. The fourth-order valence-electron chi connectivity index (χ4n) is 3.21. The molecule has 6 nitrogen and oxygen atoms in total. The predicted octanol–water partition coefficient (Wildman–Crippen LogP) is 3.97. The third-order valence-corrected chi connectivity index (χ3v) is 7.84. The highest BCUT2D eigenvalue weighted by Gasteiger charge is 2.27. The predicted molar refractivity (Wildman–Crippen MR) is 109 cm³/mol. The molecule has 4 rings (SSSR count). The summed E-state index contributed by atoms with van der Waals surface area (Å²) in [7, 11) is -3.43. The first-order valence-electron chi connectivity index (χ1n) is 9.21. The summed E-state index contributed by atoms with van der Waals surface area (Å²) >= 11 is 7.85. The van der Waals surface area contributed by atoms with Gasteiger partial charge in [0.1, 0.15) is 4.90 Å². The number of hydrogen-bond donors (Lipinski definition) is 0. The van der Waals surface area contributed by atoms with Gasteiger partial charge in [-0.15, -0.1) is 11.8 Å². The van der Waals surface area contributed by atoms with Gasteiger partial charge >= 0.3 is 0 Å². The van der Waals surface area contributed by atoms with Crippen LogP contribution < -0.4 is 9.47 Å². The molecule has 0 spiro atoms. The Morgan fingerprint density at radius 3 is 2.64 bits per heavy atom. The lowest BCUT2D eigenvalue weighted by molar-refractivity contribution is 0.297. The lowest BCUT2D eigenvalue weighted by Crippen LogP contribution is -2.27. The van der Waals surface area contributed by atoms with Gasteiger partial charge < -0.3 is 9.47 Å². The summed E-state index contributed by atoms with van der Waals surface area (Å²) in [4.78, 5) is 4.57. The minimum atomic E-state index is -3.43. The third kappa shape index (κ3) is 4.25. The summed E-state index contributed by atoms with van der Waals surface area (Å²) < 4.78 is 38.0. The van der Waals surface area contributed by atoms with Gasteiger partial charge in [-0.3, -0.25) is 0 Å². The van der Waals surface area contributed by atoms with E-state index in [0.717, 1.165) is 29.9 Å². The van der Waals surface area contributed by atoms with E-state index in [1.807, 2.05) is 12.1 Å². The summed E-state index contributed by atoms with van der Waals surface area (Å²) in [5.41, 5.74) is 0.995. The number of aromatic nitrogens is 1. The second kappa shape index (κ2) is 8.49. The zero-order valence-corrected chi connectivity index (χ0v) is 17.7. The molecule has 3 heterocycles. The van der Waals surface area contributed by atoms with Crippen molar-refractivity contribution in [3.05, 3.63) is 41.0 Å². The molecule has 0 bridgehead atoms. The van der Waals surface area contributed by atoms with E-state index >= 15 is 0 Å². The molecule has 1 saturated heterocycles. The Morgan fingerprint density at radius 2 is 1.89 bits per heavy atom. The quantitative estimate of drug-likeness (QED) is 0.655. The molecule has 0 radical (unpaired) electrons. The maximum atomic E-state index is 12.6. The van der Waals surface area contributed by atoms with Crippen LogP contribution in [0, 0.1) is 0 Å². The van der Waals surface area contributed by atoms with Crippen molar-refractivity contribution in [3.63, 3.8) is 0 Å². The lowest BCUT2D eigenvalue weighted by atomic mass is 10.2. The lowest BCUT2D eigenvalue weighted by Gasteiger charge is -2.15. The van der Waals surface area contributed by atoms with Gasteiger partial charge in [0.15, 0.2) is 11.5 Å². The molecule has 0 atom stereocenters. The monoisotopic (exact) mass is 440 g/mol. The Bertz CT molecular complexity index is 945. The van der Waals surface area contributed by atoms with Crippen LogP contribution in [0.2, 0.25) is 5.02 Å². The van der Waals surface area contributed by atoms with Crippen LogP contribution in [-0.4, -0.2) is 44.0 Å². The van der Waals surface area contributed by atoms with E-state index in [1.165, 1.54) is 22.3 Å². The summed E-state index contributed by atoms with van der Waals surface area (Å²) in [6, 6.07) is 7.18. The number of ether oxygens (including phenoxy) is 2. The van der Waals surface area contributed by atoms with Crippen LogP contribution in [0.25, 0.3) is 0 Å². The number of halogens is 1. The van der Waals surface area contributed by atoms with Gasteiger partial charge in [0, 0.05) is 31.5 Å². The van der Waals surface area contributed by atoms with Crippen molar-refractivity contribution in [2.45, 2.75) is 34.9 Å². The molecule has 28 heavy (non-hydrogen) atoms. The molecule has 1 aromatic heterocycles. The second-order valence-corrected chi connectivity index (χ2v) is 10.0. The minimum absolute atomic E-state index is 0.248. The van der Waals surface area contributed by atoms with Crippen molar-refractivity contribution in [3.8, 4) is 11.5 Å². The van der Waals surface area contributed by atoms with Crippen LogP contribution in [0.15, 0.2) is 40.4 Å². The van der Waals surface area contributed by atoms with Crippen molar-refractivity contribution in [2.75, 3.05) is 26.3 Å². The maximum Gasteiger partial charge on any atom is 0.244 e. The van der Waals surface area contributed by atoms with Crippen molar-refractivity contribution in [2.24, 2.45) is 0 Å². The highest BCUT2D eigenvalue weighted by Crippen LogP contribution is 2.39. The normalized spacial score (nSPS) is 17.5. The zero-order chi connectivity index (χ0) is 19.6. The molecule has 2 aliphatic heterocycles. The van der Waals surface area contributed by atoms with Gasteiger partial charge in [-0.25, -0.2) is 13.4 Å². The molecule has 150 valence electrons. The Morgan fingerprint density at radius 1 is 1.11 bits per heavy atom. The standard InChI is InChI=1S/C19H21ClN2O4S2/c20-16-10-14(11-17-19(16)26-9-3-8-25-17)13-27-18-5-4-15(12-21-18)28(23,24)22-6-1-2-7-22/h4-5,10-12H,1-3,6-9,13H2. The zero-order valence-electron chi connectivity index (χ0n) is 15.3. The highest BCUT2D eigenvalue weighted by atomic mass is 35.5. The van der Waals surface area contributed by atoms with E-state index < -0.39 is 10.0 Å². The third-order valence-electron chi connectivity index (χ3n) is 4.66. The van der Waals surface area contributed by atoms with Crippen molar-refractivity contribution in [1.82, 2.24) is 9.29 Å². The van der Waals surface area contributed by atoms with Crippen LogP contribution in [-0.2, 0) is 15.8 Å². The van der Waals surface area contributed by atoms with Crippen molar-refractivity contribution < 1.29 is 17.9 Å². The van der Waals surface area contributed by atoms with Gasteiger partial charge in [0.05, 0.1) is 23.3 Å². The summed E-state index contributed by atoms with van der Waals surface area (Å²) in [5.74, 6) is 1.91. The second-order valence-electron chi connectivity index (χ2n) is 6.69. The number of pyridine rings is 1. The molecule has 1 aromatic carbocycles. The van der Waals surface area contributed by atoms with Gasteiger partial charge in [-0.1, -0.05) is 11.6 Å². The molecule has 0 unspecified atom stereocenters. The Balaban J connectivity index is 1.44. The van der Waals surface area contributed by atoms with Crippen molar-refractivity contribution >= 4 is 33.4 Å². The molecule has 2 aromatic rings. The molecular formula is C19H21ClN2O4S2. The molecule has 1 fully saturated rings. The van der Waals surface area contributed by atoms with E-state index in [1.54, 1.807) is 12.1 Å². The summed E-state index contributed by atoms with van der Waals surface area (Å²) in [6.07, 6.45) is 4.10. The van der Waals surface area contributed by atoms with Gasteiger partial charge in [-0.2, -0.15) is 4.31 Å². The Kier molecular flexibility index (Phi) is 6.01. The van der Waals surface area contributed by atoms with Crippen LogP contribution in [0.5, 0.6) is 11.5 Å². The average molecular weight is 441 g/mol. The molecule has 0 aliphatic carbocycles. The van der Waals surface area contributed by atoms with Crippen LogP contribution in [0.3, 0.4) is 0 Å². The van der Waals surface area contributed by atoms with Crippen LogP contribution in [0.1, 0.15) is 24.8 Å². The number of rotatable bonds is 5. The van der Waals surface area contributed by atoms with E-state index in [-0.39, 0.29) is 4.90 Å². The molecular weight excluding hydrogens is 420 g/mol. The van der Waals surface area contributed by atoms with Crippen molar-refractivity contribution in [1.29, 1.82) is 0 Å². The number of fused-ring (bicyclic) bond motifs is 1. The Hall–Kier alpha value is -1.48. The van der Waals surface area contributed by atoms with E-state index in [4.69, 9.17) is 21.1 Å². The molecule has 0 saturated carbocycles. The van der Waals surface area contributed by atoms with Crippen LogP contribution >= 0.6 is 23.4 Å². The number of sulfonamides is 1. The topological polar surface area (TPSA) is 68.7 Å². The molecule has 0 amide bonds. The Labute approximate surface area is 174 Å². The molecule has 2 aliphatic rings. The number of thioether (sulfide) groups is 1. The molecule has 9 heteroatoms. The number of benzene rings is 1. The average Bonchev–Trinajstić information content (AvgIpc) is 3.14. The largest absolute Gasteiger partial charge is 0.489 e. The first-order chi connectivity index (χ1) is 13.5. The summed E-state index contributed by atoms with van der Waals surface area (Å²) in [6.45, 7) is 2.37. The first-order valence-corrected chi connectivity index (χ1v) is 12.0.